The molecule has 4 heteroatoms. The minimum Gasteiger partial charge on any atom is -0.385 e. The van der Waals surface area contributed by atoms with Crippen LogP contribution in [0.2, 0.25) is 0 Å². The van der Waals surface area contributed by atoms with E-state index in [2.05, 4.69) is 17.2 Å². The van der Waals surface area contributed by atoms with E-state index in [1.165, 1.54) is 0 Å². The summed E-state index contributed by atoms with van der Waals surface area (Å²) in [5, 5.41) is 11.5. The molecule has 0 fully saturated rings. The molecule has 1 aromatic rings. The summed E-state index contributed by atoms with van der Waals surface area (Å²) in [6, 6.07) is 7.11. The van der Waals surface area contributed by atoms with Gasteiger partial charge in [0.05, 0.1) is 5.56 Å². The van der Waals surface area contributed by atoms with E-state index in [9.17, 15) is 4.79 Å². The Hall–Kier alpha value is -1.83. The van der Waals surface area contributed by atoms with Gasteiger partial charge in [-0.15, -0.1) is 0 Å². The van der Waals surface area contributed by atoms with Crippen molar-refractivity contribution in [2.24, 2.45) is 0 Å². The number of carbonyl (C=O) groups excluding carboxylic acids is 1. The first-order valence-corrected chi connectivity index (χ1v) is 6.25. The third-order valence-electron chi connectivity index (χ3n) is 2.53. The summed E-state index contributed by atoms with van der Waals surface area (Å²) < 4.78 is 4.94. The number of nitrogens with one attached hydrogen (secondary N) is 1. The second-order valence-electron chi connectivity index (χ2n) is 3.96. The van der Waals surface area contributed by atoms with Crippen LogP contribution >= 0.6 is 0 Å². The van der Waals surface area contributed by atoms with Crippen LogP contribution in [0.15, 0.2) is 24.3 Å². The van der Waals surface area contributed by atoms with Gasteiger partial charge in [0.25, 0.3) is 5.91 Å². The zero-order chi connectivity index (χ0) is 13.9. The first-order valence-electron chi connectivity index (χ1n) is 6.25. The van der Waals surface area contributed by atoms with E-state index in [4.69, 9.17) is 9.84 Å². The molecule has 1 amide bonds. The molecule has 1 aromatic carbocycles. The predicted molar refractivity (Wildman–Crippen MR) is 73.8 cm³/mol. The number of methoxy groups -OCH3 is 1. The van der Waals surface area contributed by atoms with Crippen molar-refractivity contribution in [3.8, 4) is 11.8 Å². The van der Waals surface area contributed by atoms with Gasteiger partial charge in [-0.2, -0.15) is 0 Å². The highest BCUT2D eigenvalue weighted by Gasteiger charge is 2.08. The number of amides is 1. The number of hydrogen-bond acceptors (Lipinski definition) is 3. The summed E-state index contributed by atoms with van der Waals surface area (Å²) in [5.41, 5.74) is 1.17. The quantitative estimate of drug-likeness (QED) is 0.597. The highest BCUT2D eigenvalue weighted by Crippen LogP contribution is 2.07. The molecular weight excluding hydrogens is 242 g/mol. The van der Waals surface area contributed by atoms with Crippen molar-refractivity contribution in [1.29, 1.82) is 0 Å². The molecule has 0 radical (unpaired) electrons. The molecule has 19 heavy (non-hydrogen) atoms. The maximum absolute atomic E-state index is 12.0. The van der Waals surface area contributed by atoms with Crippen LogP contribution in [-0.2, 0) is 4.74 Å². The molecule has 0 spiro atoms. The highest BCUT2D eigenvalue weighted by molar-refractivity contribution is 5.96. The van der Waals surface area contributed by atoms with Gasteiger partial charge in [0.2, 0.25) is 0 Å². The van der Waals surface area contributed by atoms with E-state index in [-0.39, 0.29) is 12.5 Å². The molecule has 0 aromatic heterocycles. The predicted octanol–water partition coefficient (Wildman–Crippen LogP) is 1.19. The van der Waals surface area contributed by atoms with E-state index in [1.807, 2.05) is 6.07 Å². The standard InChI is InChI=1S/C15H19NO3/c1-19-12-5-4-10-16-15(18)14-9-3-2-7-13(14)8-6-11-17/h2-3,7,9,17H,4-5,10-12H2,1H3,(H,16,18). The van der Waals surface area contributed by atoms with Crippen molar-refractivity contribution >= 4 is 5.91 Å². The number of rotatable bonds is 6. The van der Waals surface area contributed by atoms with Crippen LogP contribution in [0.5, 0.6) is 0 Å². The number of carbonyl (C=O) groups is 1. The van der Waals surface area contributed by atoms with Crippen LogP contribution in [0.4, 0.5) is 0 Å². The van der Waals surface area contributed by atoms with Crippen molar-refractivity contribution in [3.05, 3.63) is 35.4 Å². The van der Waals surface area contributed by atoms with Crippen LogP contribution in [0.25, 0.3) is 0 Å². The third-order valence-corrected chi connectivity index (χ3v) is 2.53. The molecule has 0 atom stereocenters. The number of aliphatic hydroxyl groups is 1. The van der Waals surface area contributed by atoms with Gasteiger partial charge in [-0.25, -0.2) is 0 Å². The maximum Gasteiger partial charge on any atom is 0.252 e. The molecule has 0 bridgehead atoms. The van der Waals surface area contributed by atoms with E-state index in [0.29, 0.717) is 24.3 Å². The summed E-state index contributed by atoms with van der Waals surface area (Å²) in [5.74, 6) is 5.19. The first-order chi connectivity index (χ1) is 9.29. The van der Waals surface area contributed by atoms with E-state index < -0.39 is 0 Å². The van der Waals surface area contributed by atoms with Crippen LogP contribution in [-0.4, -0.2) is 37.9 Å². The Balaban J connectivity index is 2.56. The van der Waals surface area contributed by atoms with E-state index in [0.717, 1.165) is 12.8 Å². The Labute approximate surface area is 113 Å². The number of benzene rings is 1. The normalized spacial score (nSPS) is 9.58. The number of unbranched alkanes of at least 4 members (excludes halogenated alkanes) is 1. The van der Waals surface area contributed by atoms with Gasteiger partial charge in [0.1, 0.15) is 6.61 Å². The van der Waals surface area contributed by atoms with Gasteiger partial charge in [-0.05, 0) is 25.0 Å². The minimum atomic E-state index is -0.215. The molecule has 4 nitrogen and oxygen atoms in total. The Morgan fingerprint density at radius 1 is 1.37 bits per heavy atom. The van der Waals surface area contributed by atoms with Crippen molar-refractivity contribution < 1.29 is 14.6 Å². The van der Waals surface area contributed by atoms with Crippen molar-refractivity contribution in [2.75, 3.05) is 26.9 Å². The van der Waals surface area contributed by atoms with Crippen LogP contribution < -0.4 is 5.32 Å². The average molecular weight is 261 g/mol. The van der Waals surface area contributed by atoms with E-state index >= 15 is 0 Å². The van der Waals surface area contributed by atoms with Crippen LogP contribution in [0.1, 0.15) is 28.8 Å². The minimum absolute atomic E-state index is 0.139. The highest BCUT2D eigenvalue weighted by atomic mass is 16.5. The smallest absolute Gasteiger partial charge is 0.252 e. The molecular formula is C15H19NO3. The lowest BCUT2D eigenvalue weighted by Crippen LogP contribution is -2.25. The zero-order valence-electron chi connectivity index (χ0n) is 11.1. The number of aliphatic hydroxyl groups excluding tert-OH is 1. The summed E-state index contributed by atoms with van der Waals surface area (Å²) in [6.07, 6.45) is 1.80. The van der Waals surface area contributed by atoms with Crippen molar-refractivity contribution in [2.45, 2.75) is 12.8 Å². The Kier molecular flexibility index (Phi) is 7.33. The average Bonchev–Trinajstić information content (AvgIpc) is 2.45. The third kappa shape index (κ3) is 5.56. The molecule has 102 valence electrons. The van der Waals surface area contributed by atoms with Gasteiger partial charge in [-0.1, -0.05) is 24.0 Å². The maximum atomic E-state index is 12.0. The molecule has 0 heterocycles. The SMILES string of the molecule is COCCCCNC(=O)c1ccccc1C#CCO. The zero-order valence-corrected chi connectivity index (χ0v) is 11.1. The Morgan fingerprint density at radius 2 is 2.16 bits per heavy atom. The fraction of sp³-hybridized carbons (Fsp3) is 0.400. The monoisotopic (exact) mass is 261 g/mol. The van der Waals surface area contributed by atoms with Crippen molar-refractivity contribution in [1.82, 2.24) is 5.32 Å². The van der Waals surface area contributed by atoms with Gasteiger partial charge in [-0.3, -0.25) is 4.79 Å². The summed E-state index contributed by atoms with van der Waals surface area (Å²) in [7, 11) is 1.66. The Bertz CT molecular complexity index is 460. The molecule has 1 rings (SSSR count). The number of ether oxygens (including phenoxy) is 1. The summed E-state index contributed by atoms with van der Waals surface area (Å²) >= 11 is 0. The lowest BCUT2D eigenvalue weighted by atomic mass is 10.1. The lowest BCUT2D eigenvalue weighted by molar-refractivity contribution is 0.0951. The topological polar surface area (TPSA) is 58.6 Å². The molecule has 0 saturated carbocycles. The molecule has 0 saturated heterocycles. The lowest BCUT2D eigenvalue weighted by Gasteiger charge is -2.06. The summed E-state index contributed by atoms with van der Waals surface area (Å²) in [4.78, 5) is 12.0. The fourth-order valence-electron chi connectivity index (χ4n) is 1.59. The molecule has 2 N–H and O–H groups in total. The van der Waals surface area contributed by atoms with Crippen molar-refractivity contribution in [3.63, 3.8) is 0 Å². The van der Waals surface area contributed by atoms with Gasteiger partial charge < -0.3 is 15.2 Å². The molecule has 0 aliphatic carbocycles. The Morgan fingerprint density at radius 3 is 2.89 bits per heavy atom. The van der Waals surface area contributed by atoms with Crippen LogP contribution in [0.3, 0.4) is 0 Å². The largest absolute Gasteiger partial charge is 0.385 e. The number of hydrogen-bond donors (Lipinski definition) is 2. The summed E-state index contributed by atoms with van der Waals surface area (Å²) in [6.45, 7) is 1.10. The molecule has 0 aliphatic rings. The second kappa shape index (κ2) is 9.15. The molecule has 0 unspecified atom stereocenters. The van der Waals surface area contributed by atoms with Crippen LogP contribution in [0, 0.1) is 11.8 Å². The van der Waals surface area contributed by atoms with E-state index in [1.54, 1.807) is 25.3 Å². The molecule has 0 aliphatic heterocycles. The van der Waals surface area contributed by atoms with Gasteiger partial charge >= 0.3 is 0 Å². The fourth-order valence-corrected chi connectivity index (χ4v) is 1.59. The van der Waals surface area contributed by atoms with Gasteiger partial charge in [0.15, 0.2) is 0 Å². The van der Waals surface area contributed by atoms with Gasteiger partial charge in [0, 0.05) is 25.8 Å². The second-order valence-corrected chi connectivity index (χ2v) is 3.96. The first kappa shape index (κ1) is 15.2.